The van der Waals surface area contributed by atoms with Crippen LogP contribution < -0.4 is 0 Å². The second kappa shape index (κ2) is 12.4. The summed E-state index contributed by atoms with van der Waals surface area (Å²) in [6.45, 7) is 4.46. The average Bonchev–Trinajstić information content (AvgIpc) is 3.06. The predicted molar refractivity (Wildman–Crippen MR) is 126 cm³/mol. The van der Waals surface area contributed by atoms with Gasteiger partial charge in [-0.05, 0) is 24.4 Å². The molecular formula is C18H34N2S5. The summed E-state index contributed by atoms with van der Waals surface area (Å²) in [7, 11) is 0. The van der Waals surface area contributed by atoms with E-state index in [4.69, 9.17) is 50.5 Å². The van der Waals surface area contributed by atoms with Crippen molar-refractivity contribution in [3.05, 3.63) is 10.8 Å². The highest BCUT2D eigenvalue weighted by Gasteiger charge is 2.32. The fourth-order valence-corrected chi connectivity index (χ4v) is 4.78. The number of hydrogen-bond donors (Lipinski definition) is 4. The lowest BCUT2D eigenvalue weighted by Gasteiger charge is -2.21. The van der Waals surface area contributed by atoms with E-state index in [1.54, 1.807) is 0 Å². The van der Waals surface area contributed by atoms with Crippen molar-refractivity contribution in [1.29, 1.82) is 0 Å². The second-order valence-electron chi connectivity index (χ2n) is 6.88. The highest BCUT2D eigenvalue weighted by molar-refractivity contribution is 8.00. The zero-order valence-corrected chi connectivity index (χ0v) is 20.0. The molecule has 0 spiro atoms. The molecule has 0 saturated heterocycles. The van der Waals surface area contributed by atoms with Gasteiger partial charge in [-0.25, -0.2) is 4.98 Å². The van der Waals surface area contributed by atoms with Gasteiger partial charge in [-0.3, -0.25) is 0 Å². The van der Waals surface area contributed by atoms with Crippen molar-refractivity contribution in [2.45, 2.75) is 99.1 Å². The van der Waals surface area contributed by atoms with Crippen molar-refractivity contribution in [2.75, 3.05) is 0 Å². The lowest BCUT2D eigenvalue weighted by molar-refractivity contribution is 0.581. The molecule has 2 nitrogen and oxygen atoms in total. The molecule has 0 aliphatic rings. The van der Waals surface area contributed by atoms with Gasteiger partial charge in [0.15, 0.2) is 5.82 Å². The van der Waals surface area contributed by atoms with E-state index in [0.29, 0.717) is 5.82 Å². The SMILES string of the molecule is CCCCCCCC(S)(S)c1nsc(C(S)(S)CCCCCCC)n1. The van der Waals surface area contributed by atoms with Gasteiger partial charge in [-0.2, -0.15) is 54.9 Å². The molecule has 0 aromatic carbocycles. The summed E-state index contributed by atoms with van der Waals surface area (Å²) in [4.78, 5) is 4.69. The summed E-state index contributed by atoms with van der Waals surface area (Å²) in [5.74, 6) is 0.702. The van der Waals surface area contributed by atoms with E-state index in [9.17, 15) is 0 Å². The van der Waals surface area contributed by atoms with Gasteiger partial charge in [0.25, 0.3) is 0 Å². The molecule has 0 radical (unpaired) electrons. The van der Waals surface area contributed by atoms with E-state index >= 15 is 0 Å². The Bertz CT molecular complexity index is 433. The quantitative estimate of drug-likeness (QED) is 0.139. The number of rotatable bonds is 14. The number of thiol groups is 4. The maximum Gasteiger partial charge on any atom is 0.168 e. The van der Waals surface area contributed by atoms with Crippen molar-refractivity contribution >= 4 is 62.0 Å². The molecule has 1 aromatic heterocycles. The number of hydrogen-bond acceptors (Lipinski definition) is 7. The number of aromatic nitrogens is 2. The minimum atomic E-state index is -0.570. The molecule has 0 aliphatic heterocycles. The van der Waals surface area contributed by atoms with E-state index in [-0.39, 0.29) is 0 Å². The van der Waals surface area contributed by atoms with Gasteiger partial charge in [-0.1, -0.05) is 78.1 Å². The molecular weight excluding hydrogens is 405 g/mol. The Labute approximate surface area is 180 Å². The molecule has 1 rings (SSSR count). The maximum atomic E-state index is 4.74. The molecule has 0 aliphatic carbocycles. The van der Waals surface area contributed by atoms with Crippen LogP contribution in [0.25, 0.3) is 0 Å². The van der Waals surface area contributed by atoms with Crippen LogP contribution >= 0.6 is 62.0 Å². The van der Waals surface area contributed by atoms with Crippen LogP contribution in [0.2, 0.25) is 0 Å². The first-order chi connectivity index (χ1) is 11.8. The van der Waals surface area contributed by atoms with Gasteiger partial charge in [0.1, 0.15) is 13.2 Å². The first-order valence-electron chi connectivity index (χ1n) is 9.57. The molecule has 1 heterocycles. The smallest absolute Gasteiger partial charge is 0.168 e. The molecule has 146 valence electrons. The zero-order chi connectivity index (χ0) is 18.8. The third-order valence-electron chi connectivity index (χ3n) is 4.38. The molecule has 0 bridgehead atoms. The van der Waals surface area contributed by atoms with Crippen LogP contribution in [0.5, 0.6) is 0 Å². The highest BCUT2D eigenvalue weighted by atomic mass is 32.2. The Morgan fingerprint density at radius 3 is 1.72 bits per heavy atom. The minimum Gasteiger partial charge on any atom is -0.220 e. The van der Waals surface area contributed by atoms with E-state index in [0.717, 1.165) is 30.7 Å². The third kappa shape index (κ3) is 9.13. The lowest BCUT2D eigenvalue weighted by Crippen LogP contribution is -2.15. The number of unbranched alkanes of at least 4 members (excludes halogenated alkanes) is 8. The van der Waals surface area contributed by atoms with Crippen LogP contribution in [0.3, 0.4) is 0 Å². The van der Waals surface area contributed by atoms with E-state index < -0.39 is 8.16 Å². The van der Waals surface area contributed by atoms with Crippen LogP contribution in [0, 0.1) is 0 Å². The number of nitrogens with zero attached hydrogens (tertiary/aromatic N) is 2. The standard InChI is InChI=1S/C18H34N2S5/c1-3-5-7-9-11-13-17(21,22)15-19-16(25-20-15)18(23,24)14-12-10-8-6-4-2/h21-24H,3-14H2,1-2H3. The van der Waals surface area contributed by atoms with Crippen molar-refractivity contribution in [1.82, 2.24) is 9.36 Å². The van der Waals surface area contributed by atoms with Gasteiger partial charge < -0.3 is 0 Å². The second-order valence-corrected chi connectivity index (χ2v) is 11.4. The first kappa shape index (κ1) is 24.0. The molecule has 0 saturated carbocycles. The largest absolute Gasteiger partial charge is 0.220 e. The Kier molecular flexibility index (Phi) is 11.9. The van der Waals surface area contributed by atoms with Gasteiger partial charge in [0.2, 0.25) is 0 Å². The summed E-state index contributed by atoms with van der Waals surface area (Å²) >= 11 is 20.3. The summed E-state index contributed by atoms with van der Waals surface area (Å²) in [6.07, 6.45) is 14.1. The molecule has 0 unspecified atom stereocenters. The van der Waals surface area contributed by atoms with E-state index in [2.05, 4.69) is 23.2 Å². The Morgan fingerprint density at radius 1 is 0.720 bits per heavy atom. The normalized spacial score (nSPS) is 12.7. The molecule has 0 N–H and O–H groups in total. The molecule has 0 fully saturated rings. The average molecular weight is 439 g/mol. The Hall–Kier alpha value is 0.960. The van der Waals surface area contributed by atoms with E-state index in [1.165, 1.54) is 62.9 Å². The molecule has 7 heteroatoms. The van der Waals surface area contributed by atoms with Crippen LogP contribution in [0.15, 0.2) is 0 Å². The molecule has 0 amide bonds. The summed E-state index contributed by atoms with van der Waals surface area (Å²) < 4.78 is 3.42. The summed E-state index contributed by atoms with van der Waals surface area (Å²) in [5.41, 5.74) is 0. The Morgan fingerprint density at radius 2 is 1.20 bits per heavy atom. The predicted octanol–water partition coefficient (Wildman–Crippen LogP) is 7.28. The molecule has 0 atom stereocenters. The monoisotopic (exact) mass is 438 g/mol. The van der Waals surface area contributed by atoms with Crippen LogP contribution in [-0.2, 0) is 8.16 Å². The van der Waals surface area contributed by atoms with Crippen molar-refractivity contribution in [3.8, 4) is 0 Å². The molecule has 1 aromatic rings. The van der Waals surface area contributed by atoms with Crippen molar-refractivity contribution in [3.63, 3.8) is 0 Å². The zero-order valence-electron chi connectivity index (χ0n) is 15.6. The Balaban J connectivity index is 2.51. The fraction of sp³-hybridized carbons (Fsp3) is 0.889. The highest BCUT2D eigenvalue weighted by Crippen LogP contribution is 2.42. The van der Waals surface area contributed by atoms with Gasteiger partial charge >= 0.3 is 0 Å². The van der Waals surface area contributed by atoms with Gasteiger partial charge in [0.05, 0.1) is 0 Å². The van der Waals surface area contributed by atoms with E-state index in [1.807, 2.05) is 0 Å². The third-order valence-corrected chi connectivity index (χ3v) is 7.28. The van der Waals surface area contributed by atoms with Crippen LogP contribution in [0.4, 0.5) is 0 Å². The van der Waals surface area contributed by atoms with Crippen LogP contribution in [-0.4, -0.2) is 9.36 Å². The summed E-state index contributed by atoms with van der Waals surface area (Å²) in [5, 5.41) is 0.864. The lowest BCUT2D eigenvalue weighted by atomic mass is 10.1. The van der Waals surface area contributed by atoms with Gasteiger partial charge in [0, 0.05) is 0 Å². The molecule has 25 heavy (non-hydrogen) atoms. The fourth-order valence-electron chi connectivity index (χ4n) is 2.72. The topological polar surface area (TPSA) is 25.8 Å². The van der Waals surface area contributed by atoms with Crippen molar-refractivity contribution < 1.29 is 0 Å². The maximum absolute atomic E-state index is 4.74. The van der Waals surface area contributed by atoms with Crippen molar-refractivity contribution in [2.24, 2.45) is 0 Å². The first-order valence-corrected chi connectivity index (χ1v) is 12.1. The summed E-state index contributed by atoms with van der Waals surface area (Å²) in [6, 6.07) is 0. The van der Waals surface area contributed by atoms with Crippen LogP contribution in [0.1, 0.15) is 102 Å². The minimum absolute atomic E-state index is 0.513. The van der Waals surface area contributed by atoms with Gasteiger partial charge in [-0.15, -0.1) is 0 Å².